The van der Waals surface area contributed by atoms with Crippen molar-refractivity contribution in [1.29, 1.82) is 0 Å². The maximum atomic E-state index is 12.8. The molecule has 0 saturated carbocycles. The third-order valence-electron chi connectivity index (χ3n) is 4.07. The van der Waals surface area contributed by atoms with Crippen LogP contribution in [0.15, 0.2) is 42.7 Å². The van der Waals surface area contributed by atoms with Gasteiger partial charge in [-0.3, -0.25) is 9.78 Å². The van der Waals surface area contributed by atoms with Gasteiger partial charge in [0.2, 0.25) is 0 Å². The van der Waals surface area contributed by atoms with E-state index in [1.165, 1.54) is 25.0 Å². The Kier molecular flexibility index (Phi) is 4.86. The number of nitrogens with zero attached hydrogens (tertiary/aromatic N) is 2. The Morgan fingerprint density at radius 1 is 1.17 bits per heavy atom. The molecule has 2 heterocycles. The molecule has 1 aromatic heterocycles. The van der Waals surface area contributed by atoms with E-state index in [9.17, 15) is 9.18 Å². The molecule has 3 rings (SSSR count). The van der Waals surface area contributed by atoms with Gasteiger partial charge in [-0.15, -0.1) is 0 Å². The number of pyridine rings is 1. The average Bonchev–Trinajstić information content (AvgIpc) is 3.11. The highest BCUT2D eigenvalue weighted by atomic mass is 19.1. The first kappa shape index (κ1) is 15.5. The van der Waals surface area contributed by atoms with Crippen LogP contribution >= 0.6 is 0 Å². The zero-order valence-corrected chi connectivity index (χ0v) is 13.0. The number of benzene rings is 1. The summed E-state index contributed by atoms with van der Waals surface area (Å²) in [6.45, 7) is 2.56. The van der Waals surface area contributed by atoms with Gasteiger partial charge < -0.3 is 10.2 Å². The molecule has 1 aliphatic heterocycles. The van der Waals surface area contributed by atoms with Crippen molar-refractivity contribution in [2.45, 2.75) is 19.3 Å². The van der Waals surface area contributed by atoms with E-state index in [0.717, 1.165) is 24.3 Å². The second kappa shape index (κ2) is 7.22. The van der Waals surface area contributed by atoms with Crippen LogP contribution in [0.25, 0.3) is 0 Å². The van der Waals surface area contributed by atoms with E-state index in [1.54, 1.807) is 24.5 Å². The number of hydrogen-bond acceptors (Lipinski definition) is 3. The summed E-state index contributed by atoms with van der Waals surface area (Å²) >= 11 is 0. The van der Waals surface area contributed by atoms with Crippen molar-refractivity contribution >= 4 is 11.6 Å². The molecule has 5 heteroatoms. The summed E-state index contributed by atoms with van der Waals surface area (Å²) in [5, 5.41) is 2.89. The Bertz CT molecular complexity index is 666. The van der Waals surface area contributed by atoms with Crippen molar-refractivity contribution in [3.63, 3.8) is 0 Å². The molecule has 0 atom stereocenters. The Hall–Kier alpha value is -2.43. The van der Waals surface area contributed by atoms with Crippen LogP contribution in [0, 0.1) is 5.82 Å². The fourth-order valence-electron chi connectivity index (χ4n) is 2.77. The maximum Gasteiger partial charge on any atom is 0.252 e. The lowest BCUT2D eigenvalue weighted by Gasteiger charge is -2.17. The highest BCUT2D eigenvalue weighted by molar-refractivity contribution is 5.94. The fraction of sp³-hybridized carbons (Fsp3) is 0.333. The van der Waals surface area contributed by atoms with E-state index >= 15 is 0 Å². The van der Waals surface area contributed by atoms with Gasteiger partial charge in [-0.1, -0.05) is 12.1 Å². The predicted octanol–water partition coefficient (Wildman–Crippen LogP) is 2.79. The van der Waals surface area contributed by atoms with Gasteiger partial charge in [0.25, 0.3) is 5.91 Å². The van der Waals surface area contributed by atoms with Crippen molar-refractivity contribution in [3.8, 4) is 0 Å². The summed E-state index contributed by atoms with van der Waals surface area (Å²) in [5.41, 5.74) is 2.58. The zero-order chi connectivity index (χ0) is 16.1. The number of rotatable bonds is 5. The third kappa shape index (κ3) is 4.06. The van der Waals surface area contributed by atoms with Crippen molar-refractivity contribution < 1.29 is 9.18 Å². The second-order valence-electron chi connectivity index (χ2n) is 5.76. The van der Waals surface area contributed by atoms with Crippen LogP contribution in [0.4, 0.5) is 10.1 Å². The van der Waals surface area contributed by atoms with E-state index in [4.69, 9.17) is 0 Å². The monoisotopic (exact) mass is 313 g/mol. The first-order valence-electron chi connectivity index (χ1n) is 7.95. The molecule has 1 aromatic carbocycles. The molecule has 1 amide bonds. The van der Waals surface area contributed by atoms with Crippen LogP contribution in [0.3, 0.4) is 0 Å². The third-order valence-corrected chi connectivity index (χ3v) is 4.07. The highest BCUT2D eigenvalue weighted by Gasteiger charge is 2.14. The summed E-state index contributed by atoms with van der Waals surface area (Å²) in [7, 11) is 0. The number of nitrogens with one attached hydrogen (secondary N) is 1. The van der Waals surface area contributed by atoms with Crippen LogP contribution in [0.2, 0.25) is 0 Å². The molecular weight excluding hydrogens is 293 g/mol. The van der Waals surface area contributed by atoms with Gasteiger partial charge in [-0.05, 0) is 43.0 Å². The normalized spacial score (nSPS) is 14.0. The van der Waals surface area contributed by atoms with Gasteiger partial charge in [0.15, 0.2) is 0 Å². The molecule has 23 heavy (non-hydrogen) atoms. The van der Waals surface area contributed by atoms with Gasteiger partial charge in [-0.2, -0.15) is 0 Å². The van der Waals surface area contributed by atoms with E-state index in [0.29, 0.717) is 18.5 Å². The molecule has 0 spiro atoms. The predicted molar refractivity (Wildman–Crippen MR) is 88.1 cm³/mol. The SMILES string of the molecule is O=C(NCCc1ccc(F)cc1)c1cncc(N2CCCC2)c1. The first-order valence-corrected chi connectivity index (χ1v) is 7.95. The summed E-state index contributed by atoms with van der Waals surface area (Å²) in [5.74, 6) is -0.372. The number of carbonyl (C=O) groups is 1. The Balaban J connectivity index is 1.55. The van der Waals surface area contributed by atoms with Gasteiger partial charge in [-0.25, -0.2) is 4.39 Å². The number of anilines is 1. The van der Waals surface area contributed by atoms with Gasteiger partial charge in [0.1, 0.15) is 5.82 Å². The molecule has 1 N–H and O–H groups in total. The number of halogens is 1. The minimum atomic E-state index is -0.248. The molecule has 1 fully saturated rings. The van der Waals surface area contributed by atoms with E-state index in [-0.39, 0.29) is 11.7 Å². The molecule has 1 saturated heterocycles. The second-order valence-corrected chi connectivity index (χ2v) is 5.76. The summed E-state index contributed by atoms with van der Waals surface area (Å²) < 4.78 is 12.8. The number of hydrogen-bond donors (Lipinski definition) is 1. The summed E-state index contributed by atoms with van der Waals surface area (Å²) in [6, 6.07) is 8.22. The largest absolute Gasteiger partial charge is 0.370 e. The first-order chi connectivity index (χ1) is 11.2. The molecule has 4 nitrogen and oxygen atoms in total. The van der Waals surface area contributed by atoms with Crippen molar-refractivity contribution in [1.82, 2.24) is 10.3 Å². The van der Waals surface area contributed by atoms with E-state index in [1.807, 2.05) is 6.07 Å². The molecular formula is C18H20FN3O. The zero-order valence-electron chi connectivity index (χ0n) is 13.0. The van der Waals surface area contributed by atoms with Crippen LogP contribution in [0.5, 0.6) is 0 Å². The van der Waals surface area contributed by atoms with E-state index in [2.05, 4.69) is 15.2 Å². The van der Waals surface area contributed by atoms with Crippen molar-refractivity contribution in [2.24, 2.45) is 0 Å². The molecule has 0 unspecified atom stereocenters. The quantitative estimate of drug-likeness (QED) is 0.923. The Labute approximate surface area is 135 Å². The van der Waals surface area contributed by atoms with Crippen LogP contribution in [-0.2, 0) is 6.42 Å². The van der Waals surface area contributed by atoms with Crippen molar-refractivity contribution in [3.05, 3.63) is 59.7 Å². The smallest absolute Gasteiger partial charge is 0.252 e. The molecule has 0 radical (unpaired) electrons. The summed E-state index contributed by atoms with van der Waals surface area (Å²) in [4.78, 5) is 18.7. The van der Waals surface area contributed by atoms with Gasteiger partial charge in [0, 0.05) is 25.8 Å². The molecule has 0 bridgehead atoms. The standard InChI is InChI=1S/C18H20FN3O/c19-16-5-3-14(4-6-16)7-8-21-18(23)15-11-17(13-20-12-15)22-9-1-2-10-22/h3-6,11-13H,1-2,7-10H2,(H,21,23). The number of aromatic nitrogens is 1. The van der Waals surface area contributed by atoms with Crippen LogP contribution in [0.1, 0.15) is 28.8 Å². The minimum absolute atomic E-state index is 0.124. The minimum Gasteiger partial charge on any atom is -0.370 e. The topological polar surface area (TPSA) is 45.2 Å². The fourth-order valence-corrected chi connectivity index (χ4v) is 2.77. The highest BCUT2D eigenvalue weighted by Crippen LogP contribution is 2.19. The lowest BCUT2D eigenvalue weighted by atomic mass is 10.1. The Morgan fingerprint density at radius 3 is 2.65 bits per heavy atom. The maximum absolute atomic E-state index is 12.8. The summed E-state index contributed by atoms with van der Waals surface area (Å²) in [6.07, 6.45) is 6.45. The Morgan fingerprint density at radius 2 is 1.91 bits per heavy atom. The van der Waals surface area contributed by atoms with E-state index < -0.39 is 0 Å². The lowest BCUT2D eigenvalue weighted by Crippen LogP contribution is -2.26. The van der Waals surface area contributed by atoms with Crippen LogP contribution < -0.4 is 10.2 Å². The van der Waals surface area contributed by atoms with Gasteiger partial charge in [0.05, 0.1) is 17.4 Å². The molecule has 0 aliphatic carbocycles. The molecule has 2 aromatic rings. The number of carbonyl (C=O) groups excluding carboxylic acids is 1. The number of amides is 1. The molecule has 1 aliphatic rings. The average molecular weight is 313 g/mol. The van der Waals surface area contributed by atoms with Crippen molar-refractivity contribution in [2.75, 3.05) is 24.5 Å². The van der Waals surface area contributed by atoms with Gasteiger partial charge >= 0.3 is 0 Å². The molecule has 120 valence electrons. The van der Waals surface area contributed by atoms with Crippen LogP contribution in [-0.4, -0.2) is 30.5 Å². The lowest BCUT2D eigenvalue weighted by molar-refractivity contribution is 0.0954.